The van der Waals surface area contributed by atoms with Crippen LogP contribution < -0.4 is 14.2 Å². The van der Waals surface area contributed by atoms with Crippen LogP contribution in [0.15, 0.2) is 54.6 Å². The molecule has 1 aliphatic heterocycles. The van der Waals surface area contributed by atoms with Crippen LogP contribution in [0, 0.1) is 0 Å². The van der Waals surface area contributed by atoms with Gasteiger partial charge >= 0.3 is 0 Å². The van der Waals surface area contributed by atoms with Crippen LogP contribution in [0.3, 0.4) is 0 Å². The number of unbranched alkanes of at least 4 members (excludes halogenated alkanes) is 2. The minimum Gasteiger partial charge on any atom is -0.507 e. The van der Waals surface area contributed by atoms with E-state index in [9.17, 15) is 15.3 Å². The number of fused-ring (bicyclic) bond motifs is 7. The Kier molecular flexibility index (Phi) is 6.97. The summed E-state index contributed by atoms with van der Waals surface area (Å²) in [5, 5.41) is 34.3. The van der Waals surface area contributed by atoms with Crippen molar-refractivity contribution in [3.05, 3.63) is 76.9 Å². The molecule has 6 rings (SSSR count). The Morgan fingerprint density at radius 3 is 2.38 bits per heavy atom. The molecular formula is C34H36O6. The summed E-state index contributed by atoms with van der Waals surface area (Å²) in [6, 6.07) is 16.9. The van der Waals surface area contributed by atoms with Crippen molar-refractivity contribution in [2.45, 2.75) is 63.6 Å². The summed E-state index contributed by atoms with van der Waals surface area (Å²) >= 11 is 0. The van der Waals surface area contributed by atoms with Gasteiger partial charge in [-0.25, -0.2) is 0 Å². The van der Waals surface area contributed by atoms with Gasteiger partial charge in [0, 0.05) is 29.0 Å². The van der Waals surface area contributed by atoms with E-state index in [0.29, 0.717) is 23.7 Å². The van der Waals surface area contributed by atoms with Gasteiger partial charge in [0.2, 0.25) is 0 Å². The van der Waals surface area contributed by atoms with E-state index in [2.05, 4.69) is 13.0 Å². The molecule has 0 radical (unpaired) electrons. The summed E-state index contributed by atoms with van der Waals surface area (Å²) in [4.78, 5) is 0. The van der Waals surface area contributed by atoms with Gasteiger partial charge in [-0.05, 0) is 64.6 Å². The topological polar surface area (TPSA) is 88.4 Å². The van der Waals surface area contributed by atoms with Gasteiger partial charge in [0.05, 0.1) is 20.3 Å². The Morgan fingerprint density at radius 2 is 1.62 bits per heavy atom. The van der Waals surface area contributed by atoms with Gasteiger partial charge in [-0.1, -0.05) is 56.5 Å². The van der Waals surface area contributed by atoms with Crippen LogP contribution in [0.5, 0.6) is 28.7 Å². The fourth-order valence-electron chi connectivity index (χ4n) is 6.70. The van der Waals surface area contributed by atoms with E-state index in [-0.39, 0.29) is 11.7 Å². The lowest BCUT2D eigenvalue weighted by atomic mass is 9.71. The lowest BCUT2D eigenvalue weighted by molar-refractivity contribution is 0.0201. The van der Waals surface area contributed by atoms with Gasteiger partial charge in [-0.3, -0.25) is 0 Å². The molecule has 0 amide bonds. The molecule has 3 N–H and O–H groups in total. The molecule has 208 valence electrons. The van der Waals surface area contributed by atoms with Crippen LogP contribution in [-0.4, -0.2) is 35.6 Å². The van der Waals surface area contributed by atoms with Gasteiger partial charge < -0.3 is 29.5 Å². The van der Waals surface area contributed by atoms with Gasteiger partial charge in [-0.15, -0.1) is 0 Å². The molecular weight excluding hydrogens is 504 g/mol. The Bertz CT molecular complexity index is 1580. The van der Waals surface area contributed by atoms with Gasteiger partial charge in [-0.2, -0.15) is 0 Å². The molecule has 0 spiro atoms. The summed E-state index contributed by atoms with van der Waals surface area (Å²) in [6.45, 7) is 2.21. The first-order valence-corrected chi connectivity index (χ1v) is 14.1. The summed E-state index contributed by atoms with van der Waals surface area (Å²) < 4.78 is 17.9. The van der Waals surface area contributed by atoms with E-state index in [1.165, 1.54) is 12.7 Å². The van der Waals surface area contributed by atoms with Crippen molar-refractivity contribution in [1.82, 2.24) is 0 Å². The van der Waals surface area contributed by atoms with Crippen molar-refractivity contribution in [3.8, 4) is 39.9 Å². The molecule has 3 atom stereocenters. The van der Waals surface area contributed by atoms with Gasteiger partial charge in [0.25, 0.3) is 0 Å². The molecule has 0 aromatic heterocycles. The van der Waals surface area contributed by atoms with Crippen LogP contribution in [0.1, 0.15) is 66.9 Å². The summed E-state index contributed by atoms with van der Waals surface area (Å²) in [5.74, 6) is 2.33. The first-order valence-electron chi connectivity index (χ1n) is 14.1. The molecule has 4 aromatic carbocycles. The second-order valence-corrected chi connectivity index (χ2v) is 11.0. The Morgan fingerprint density at radius 1 is 0.850 bits per heavy atom. The SMILES string of the molecule is CCCCC[C@H]1Cc2cc(O)c3ccccc3c2-c2c(OC)cc3c(c21)C[C@@H](O)[C@H](c1ccc(O)c(OC)c1)O3. The van der Waals surface area contributed by atoms with Gasteiger partial charge in [0.1, 0.15) is 23.4 Å². The largest absolute Gasteiger partial charge is 0.507 e. The molecule has 0 saturated heterocycles. The zero-order valence-electron chi connectivity index (χ0n) is 23.2. The van der Waals surface area contributed by atoms with E-state index in [0.717, 1.165) is 76.4 Å². The van der Waals surface area contributed by atoms with Gasteiger partial charge in [0.15, 0.2) is 11.5 Å². The number of benzene rings is 4. The first kappa shape index (κ1) is 26.3. The number of rotatable bonds is 7. The number of aliphatic hydroxyl groups excluding tert-OH is 1. The van der Waals surface area contributed by atoms with Crippen LogP contribution in [0.25, 0.3) is 21.9 Å². The van der Waals surface area contributed by atoms with Crippen molar-refractivity contribution in [3.63, 3.8) is 0 Å². The summed E-state index contributed by atoms with van der Waals surface area (Å²) in [7, 11) is 3.19. The number of hydrogen-bond acceptors (Lipinski definition) is 6. The van der Waals surface area contributed by atoms with Crippen LogP contribution in [0.4, 0.5) is 0 Å². The fraction of sp³-hybridized carbons (Fsp3) is 0.353. The second-order valence-electron chi connectivity index (χ2n) is 11.0. The molecule has 6 heteroatoms. The maximum atomic E-state index is 11.4. The maximum absolute atomic E-state index is 11.4. The minimum atomic E-state index is -0.784. The molecule has 1 heterocycles. The smallest absolute Gasteiger partial charge is 0.160 e. The number of aromatic hydroxyl groups is 2. The molecule has 4 aromatic rings. The molecule has 1 aliphatic carbocycles. The van der Waals surface area contributed by atoms with Crippen LogP contribution in [0.2, 0.25) is 0 Å². The molecule has 40 heavy (non-hydrogen) atoms. The minimum absolute atomic E-state index is 0.0412. The van der Waals surface area contributed by atoms with Crippen molar-refractivity contribution in [1.29, 1.82) is 0 Å². The third kappa shape index (κ3) is 4.31. The molecule has 2 aliphatic rings. The quantitative estimate of drug-likeness (QED) is 0.215. The standard InChI is InChI=1S/C34H36O6/c1-4-5-6-9-19-14-21-15-26(36)22-10-7-8-11-23(22)32(21)33-30(39-3)18-28-24(31(19)33)17-27(37)34(40-28)20-12-13-25(35)29(16-20)38-2/h7-8,10-13,15-16,18-19,27,34-37H,4-6,9,14,17H2,1-3H3/t19-,27+,34-/m0/s1. The first-order chi connectivity index (χ1) is 19.4. The van der Waals surface area contributed by atoms with Crippen LogP contribution >= 0.6 is 0 Å². The number of phenolic OH excluding ortho intramolecular Hbond substituents is 2. The fourth-order valence-corrected chi connectivity index (χ4v) is 6.70. The lowest BCUT2D eigenvalue weighted by Gasteiger charge is -2.38. The Hall–Kier alpha value is -3.90. The highest BCUT2D eigenvalue weighted by Crippen LogP contribution is 2.55. The van der Waals surface area contributed by atoms with Crippen molar-refractivity contribution in [2.75, 3.05) is 14.2 Å². The van der Waals surface area contributed by atoms with E-state index < -0.39 is 12.2 Å². The van der Waals surface area contributed by atoms with Crippen molar-refractivity contribution in [2.24, 2.45) is 0 Å². The normalized spacial score (nSPS) is 19.4. The average Bonchev–Trinajstić information content (AvgIpc) is 2.96. The highest BCUT2D eigenvalue weighted by Gasteiger charge is 2.38. The highest BCUT2D eigenvalue weighted by atomic mass is 16.5. The average molecular weight is 541 g/mol. The number of phenols is 2. The summed E-state index contributed by atoms with van der Waals surface area (Å²) in [6.07, 6.45) is 4.23. The van der Waals surface area contributed by atoms with E-state index in [1.54, 1.807) is 25.3 Å². The zero-order valence-corrected chi connectivity index (χ0v) is 23.2. The van der Waals surface area contributed by atoms with Crippen molar-refractivity contribution >= 4 is 10.8 Å². The third-order valence-electron chi connectivity index (χ3n) is 8.55. The highest BCUT2D eigenvalue weighted by molar-refractivity contribution is 6.04. The third-order valence-corrected chi connectivity index (χ3v) is 8.55. The molecule has 6 nitrogen and oxygen atoms in total. The molecule has 0 fully saturated rings. The number of methoxy groups -OCH3 is 2. The van der Waals surface area contributed by atoms with Crippen molar-refractivity contribution < 1.29 is 29.5 Å². The number of ether oxygens (including phenoxy) is 3. The molecule has 0 bridgehead atoms. The summed E-state index contributed by atoms with van der Waals surface area (Å²) in [5.41, 5.74) is 6.20. The molecule has 0 saturated carbocycles. The zero-order chi connectivity index (χ0) is 28.0. The monoisotopic (exact) mass is 540 g/mol. The maximum Gasteiger partial charge on any atom is 0.160 e. The predicted molar refractivity (Wildman–Crippen MR) is 156 cm³/mol. The lowest BCUT2D eigenvalue weighted by Crippen LogP contribution is -2.32. The molecule has 0 unspecified atom stereocenters. The predicted octanol–water partition coefficient (Wildman–Crippen LogP) is 7.19. The van der Waals surface area contributed by atoms with Crippen LogP contribution in [-0.2, 0) is 12.8 Å². The van der Waals surface area contributed by atoms with E-state index >= 15 is 0 Å². The van der Waals surface area contributed by atoms with E-state index in [1.807, 2.05) is 30.3 Å². The Balaban J connectivity index is 1.54. The number of aliphatic hydroxyl groups is 1. The Labute approximate surface area is 234 Å². The second kappa shape index (κ2) is 10.6. The number of hydrogen-bond donors (Lipinski definition) is 3. The van der Waals surface area contributed by atoms with E-state index in [4.69, 9.17) is 14.2 Å².